The van der Waals surface area contributed by atoms with Gasteiger partial charge in [0.25, 0.3) is 0 Å². The highest BCUT2D eigenvalue weighted by molar-refractivity contribution is 5.81. The van der Waals surface area contributed by atoms with E-state index in [0.717, 1.165) is 25.7 Å². The number of fused-ring (bicyclic) bond motifs is 5. The van der Waals surface area contributed by atoms with Gasteiger partial charge < -0.3 is 9.47 Å². The molecule has 5 rings (SSSR count). The number of Topliss-reactive ketones (excluding diaryl/α,β-unsaturated/α-hetero) is 1. The van der Waals surface area contributed by atoms with Crippen molar-refractivity contribution in [3.8, 4) is 0 Å². The second-order valence-corrected chi connectivity index (χ2v) is 12.3. The van der Waals surface area contributed by atoms with Gasteiger partial charge in [0, 0.05) is 24.7 Å². The van der Waals surface area contributed by atoms with Gasteiger partial charge in [0.05, 0.1) is 0 Å². The molecule has 1 aromatic heterocycles. The van der Waals surface area contributed by atoms with Crippen molar-refractivity contribution >= 4 is 17.3 Å². The Balaban J connectivity index is 1.22. The number of rotatable bonds is 7. The predicted molar refractivity (Wildman–Crippen MR) is 140 cm³/mol. The van der Waals surface area contributed by atoms with E-state index in [4.69, 9.17) is 9.47 Å². The second kappa shape index (κ2) is 9.89. The fraction of sp³-hybridized carbons (Fsp3) is 0.645. The highest BCUT2D eigenvalue weighted by Gasteiger charge is 2.57. The van der Waals surface area contributed by atoms with Gasteiger partial charge in [-0.3, -0.25) is 9.78 Å². The van der Waals surface area contributed by atoms with E-state index in [1.54, 1.807) is 0 Å². The van der Waals surface area contributed by atoms with Gasteiger partial charge in [-0.15, -0.1) is 0 Å². The van der Waals surface area contributed by atoms with Crippen molar-refractivity contribution in [2.24, 2.45) is 34.5 Å². The summed E-state index contributed by atoms with van der Waals surface area (Å²) in [6.45, 7) is 8.46. The van der Waals surface area contributed by atoms with Gasteiger partial charge in [-0.05, 0) is 84.3 Å². The van der Waals surface area contributed by atoms with Crippen LogP contribution in [0.1, 0.15) is 78.2 Å². The maximum Gasteiger partial charge on any atom is 0.332 e. The summed E-state index contributed by atoms with van der Waals surface area (Å²) < 4.78 is 11.1. The van der Waals surface area contributed by atoms with Gasteiger partial charge in [-0.1, -0.05) is 51.5 Å². The van der Waals surface area contributed by atoms with Crippen molar-refractivity contribution in [2.75, 3.05) is 13.2 Å². The molecule has 2 saturated carbocycles. The quantitative estimate of drug-likeness (QED) is 0.336. The lowest BCUT2D eigenvalue weighted by Gasteiger charge is -2.57. The fourth-order valence-corrected chi connectivity index (χ4v) is 7.89. The Morgan fingerprint density at radius 3 is 2.61 bits per heavy atom. The minimum Gasteiger partial charge on any atom is -0.460 e. The van der Waals surface area contributed by atoms with E-state index in [1.807, 2.05) is 26.2 Å². The van der Waals surface area contributed by atoms with E-state index in [2.05, 4.69) is 43.1 Å². The Labute approximate surface area is 215 Å². The van der Waals surface area contributed by atoms with Crippen molar-refractivity contribution < 1.29 is 19.1 Å². The molecule has 5 heteroatoms. The maximum atomic E-state index is 12.4. The smallest absolute Gasteiger partial charge is 0.332 e. The lowest BCUT2D eigenvalue weighted by molar-refractivity contribution is -0.157. The van der Waals surface area contributed by atoms with Gasteiger partial charge in [0.15, 0.2) is 5.78 Å². The van der Waals surface area contributed by atoms with Crippen LogP contribution >= 0.6 is 0 Å². The Morgan fingerprint density at radius 2 is 1.86 bits per heavy atom. The third kappa shape index (κ3) is 4.49. The molecule has 0 N–H and O–H groups in total. The molecule has 0 saturated heterocycles. The zero-order valence-corrected chi connectivity index (χ0v) is 22.3. The number of allylic oxidation sites excluding steroid dienone is 3. The summed E-state index contributed by atoms with van der Waals surface area (Å²) in [6, 6.07) is 4.27. The van der Waals surface area contributed by atoms with Gasteiger partial charge in [0.1, 0.15) is 19.3 Å². The maximum absolute atomic E-state index is 12.4. The second-order valence-electron chi connectivity index (χ2n) is 12.3. The molecule has 0 bridgehead atoms. The predicted octanol–water partition coefficient (Wildman–Crippen LogP) is 6.19. The van der Waals surface area contributed by atoms with Crippen molar-refractivity contribution in [3.05, 3.63) is 47.8 Å². The van der Waals surface area contributed by atoms with Crippen LogP contribution < -0.4 is 0 Å². The molecular weight excluding hydrogens is 450 g/mol. The molecule has 36 heavy (non-hydrogen) atoms. The molecule has 1 aromatic rings. The number of nitrogens with zero attached hydrogens (tertiary/aromatic N) is 1. The molecular formula is C31H41NO4. The first-order chi connectivity index (χ1) is 17.2. The van der Waals surface area contributed by atoms with Crippen LogP contribution in [0.15, 0.2) is 42.3 Å². The number of esters is 1. The molecule has 1 unspecified atom stereocenters. The molecule has 194 valence electrons. The highest BCUT2D eigenvalue weighted by atomic mass is 16.6. The molecule has 4 aliphatic rings. The van der Waals surface area contributed by atoms with Crippen LogP contribution in [0.4, 0.5) is 0 Å². The van der Waals surface area contributed by atoms with E-state index in [9.17, 15) is 9.59 Å². The van der Waals surface area contributed by atoms with Gasteiger partial charge in [-0.25, -0.2) is 4.79 Å². The molecule has 4 aliphatic carbocycles. The number of ketones is 1. The molecule has 1 heterocycles. The monoisotopic (exact) mass is 491 g/mol. The highest BCUT2D eigenvalue weighted by Crippen LogP contribution is 2.66. The molecule has 5 nitrogen and oxygen atoms in total. The largest absolute Gasteiger partial charge is 0.460 e. The summed E-state index contributed by atoms with van der Waals surface area (Å²) in [5.41, 5.74) is 4.72. The molecule has 2 fully saturated rings. The minimum absolute atomic E-state index is 0.00625. The van der Waals surface area contributed by atoms with Crippen molar-refractivity contribution in [2.45, 2.75) is 78.7 Å². The van der Waals surface area contributed by atoms with Gasteiger partial charge >= 0.3 is 5.97 Å². The summed E-state index contributed by atoms with van der Waals surface area (Å²) in [5.74, 6) is 1.64. The topological polar surface area (TPSA) is 65.5 Å². The van der Waals surface area contributed by atoms with Crippen LogP contribution in [0.5, 0.6) is 0 Å². The number of hydrogen-bond acceptors (Lipinski definition) is 5. The first kappa shape index (κ1) is 25.4. The number of carbonyl (C=O) groups excluding carboxylic acids is 2. The van der Waals surface area contributed by atoms with E-state index in [1.165, 1.54) is 36.0 Å². The van der Waals surface area contributed by atoms with Crippen LogP contribution in [0.3, 0.4) is 0 Å². The Bertz CT molecular complexity index is 1060. The molecule has 6 atom stereocenters. The van der Waals surface area contributed by atoms with Crippen LogP contribution in [0.2, 0.25) is 0 Å². The summed E-state index contributed by atoms with van der Waals surface area (Å²) in [6.07, 6.45) is 16.4. The number of aromatic nitrogens is 1. The standard InChI is InChI=1S/C31H41NO4/c1-20(2)28(33)18-35-19-29(34)36-23-11-13-30(3)22(16-23)7-8-24-26-10-9-25(21-6-5-15-32-17-21)31(26,4)14-12-27(24)30/h5-7,9,15,17,20,23-24,26-27H,8,10-14,16,18-19H2,1-4H3/t23-,24-,26-,27?,30-,31+/m0/s1. The fourth-order valence-electron chi connectivity index (χ4n) is 7.89. The van der Waals surface area contributed by atoms with Crippen molar-refractivity contribution in [1.82, 2.24) is 4.98 Å². The summed E-state index contributed by atoms with van der Waals surface area (Å²) in [5, 5.41) is 0. The lowest BCUT2D eigenvalue weighted by Crippen LogP contribution is -2.50. The Hall–Kier alpha value is -2.27. The zero-order chi connectivity index (χ0) is 25.5. The van der Waals surface area contributed by atoms with Crippen LogP contribution in [0, 0.1) is 34.5 Å². The number of hydrogen-bond donors (Lipinski definition) is 0. The van der Waals surface area contributed by atoms with E-state index >= 15 is 0 Å². The molecule has 0 spiro atoms. The third-order valence-electron chi connectivity index (χ3n) is 10.0. The molecule has 0 amide bonds. The SMILES string of the molecule is CC(C)C(=O)COCC(=O)O[C@H]1CC[C@@]2(C)C(=CC[C@@H]3C2CC[C@]2(C)C(c4cccnc4)=CC[C@@H]32)C1. The molecule has 0 aromatic carbocycles. The van der Waals surface area contributed by atoms with E-state index < -0.39 is 0 Å². The average molecular weight is 492 g/mol. The number of ether oxygens (including phenoxy) is 2. The zero-order valence-electron chi connectivity index (χ0n) is 22.3. The third-order valence-corrected chi connectivity index (χ3v) is 10.0. The van der Waals surface area contributed by atoms with Gasteiger partial charge in [-0.2, -0.15) is 0 Å². The Kier molecular flexibility index (Phi) is 6.97. The van der Waals surface area contributed by atoms with Crippen LogP contribution in [-0.2, 0) is 19.1 Å². The van der Waals surface area contributed by atoms with Gasteiger partial charge in [0.2, 0.25) is 0 Å². The lowest BCUT2D eigenvalue weighted by atomic mass is 9.47. The van der Waals surface area contributed by atoms with Crippen LogP contribution in [0.25, 0.3) is 5.57 Å². The van der Waals surface area contributed by atoms with Crippen LogP contribution in [-0.4, -0.2) is 36.1 Å². The average Bonchev–Trinajstić information content (AvgIpc) is 3.22. The van der Waals surface area contributed by atoms with E-state index in [-0.39, 0.29) is 47.8 Å². The van der Waals surface area contributed by atoms with Crippen molar-refractivity contribution in [3.63, 3.8) is 0 Å². The van der Waals surface area contributed by atoms with Crippen molar-refractivity contribution in [1.29, 1.82) is 0 Å². The van der Waals surface area contributed by atoms with E-state index in [0.29, 0.717) is 17.8 Å². The summed E-state index contributed by atoms with van der Waals surface area (Å²) >= 11 is 0. The number of carbonyl (C=O) groups is 2. The number of pyridine rings is 1. The summed E-state index contributed by atoms with van der Waals surface area (Å²) in [4.78, 5) is 28.5. The molecule has 0 radical (unpaired) electrons. The first-order valence-corrected chi connectivity index (χ1v) is 13.8. The normalized spacial score (nSPS) is 35.2. The molecule has 0 aliphatic heterocycles. The summed E-state index contributed by atoms with van der Waals surface area (Å²) in [7, 11) is 0. The first-order valence-electron chi connectivity index (χ1n) is 13.8. The minimum atomic E-state index is -0.358. The Morgan fingerprint density at radius 1 is 1.06 bits per heavy atom.